The molecule has 0 aromatic heterocycles. The van der Waals surface area contributed by atoms with Gasteiger partial charge in [0.25, 0.3) is 11.1 Å². The maximum atomic E-state index is 12.8. The summed E-state index contributed by atoms with van der Waals surface area (Å²) in [6, 6.07) is 11.6. The Balaban J connectivity index is 1.81. The highest BCUT2D eigenvalue weighted by Gasteiger charge is 2.37. The predicted molar refractivity (Wildman–Crippen MR) is 135 cm³/mol. The highest BCUT2D eigenvalue weighted by molar-refractivity contribution is 9.10. The molecule has 0 radical (unpaired) electrons. The Labute approximate surface area is 211 Å². The lowest BCUT2D eigenvalue weighted by Gasteiger charge is -2.15. The molecule has 180 valence electrons. The van der Waals surface area contributed by atoms with Crippen LogP contribution in [0.5, 0.6) is 11.5 Å². The molecular formula is C25H26BrNO6S. The number of esters is 1. The van der Waals surface area contributed by atoms with Crippen molar-refractivity contribution in [3.05, 3.63) is 62.5 Å². The number of ether oxygens (including phenoxy) is 3. The van der Waals surface area contributed by atoms with E-state index in [1.54, 1.807) is 32.1 Å². The average Bonchev–Trinajstić information content (AvgIpc) is 3.02. The number of benzene rings is 2. The standard InChI is InChI=1S/C25H26BrNO6S/c1-5-31-20-10-18(19(26)12-21(20)32-14-17-8-6-7-16(4)9-17)11-22-24(29)27(25(30)34-22)13-23(28)33-15(2)3/h6-12,15H,5,13-14H2,1-4H3/b22-11+. The zero-order valence-electron chi connectivity index (χ0n) is 19.4. The molecule has 1 aliphatic rings. The van der Waals surface area contributed by atoms with E-state index in [2.05, 4.69) is 22.0 Å². The zero-order valence-corrected chi connectivity index (χ0v) is 21.8. The molecule has 1 heterocycles. The Kier molecular flexibility index (Phi) is 8.79. The lowest BCUT2D eigenvalue weighted by atomic mass is 10.1. The van der Waals surface area contributed by atoms with Gasteiger partial charge in [-0.25, -0.2) is 0 Å². The molecule has 34 heavy (non-hydrogen) atoms. The van der Waals surface area contributed by atoms with Gasteiger partial charge in [0.05, 0.1) is 17.6 Å². The molecule has 0 unspecified atom stereocenters. The highest BCUT2D eigenvalue weighted by Crippen LogP contribution is 2.38. The van der Waals surface area contributed by atoms with Crippen molar-refractivity contribution in [2.24, 2.45) is 0 Å². The minimum absolute atomic E-state index is 0.207. The van der Waals surface area contributed by atoms with Crippen LogP contribution in [0.2, 0.25) is 0 Å². The second kappa shape index (κ2) is 11.6. The van der Waals surface area contributed by atoms with Crippen molar-refractivity contribution < 1.29 is 28.6 Å². The molecule has 3 rings (SSSR count). The van der Waals surface area contributed by atoms with Gasteiger partial charge in [-0.3, -0.25) is 19.3 Å². The Hall–Kier alpha value is -2.78. The van der Waals surface area contributed by atoms with Gasteiger partial charge < -0.3 is 14.2 Å². The number of halogens is 1. The van der Waals surface area contributed by atoms with Crippen molar-refractivity contribution in [2.75, 3.05) is 13.2 Å². The largest absolute Gasteiger partial charge is 0.490 e. The number of thioether (sulfide) groups is 1. The van der Waals surface area contributed by atoms with E-state index in [9.17, 15) is 14.4 Å². The first-order chi connectivity index (χ1) is 16.2. The SMILES string of the molecule is CCOc1cc(/C=C2/SC(=O)N(CC(=O)OC(C)C)C2=O)c(Br)cc1OCc1cccc(C)c1. The van der Waals surface area contributed by atoms with E-state index in [-0.39, 0.29) is 11.0 Å². The first-order valence-electron chi connectivity index (χ1n) is 10.8. The highest BCUT2D eigenvalue weighted by atomic mass is 79.9. The van der Waals surface area contributed by atoms with Gasteiger partial charge in [-0.15, -0.1) is 0 Å². The second-order valence-corrected chi connectivity index (χ2v) is 9.69. The van der Waals surface area contributed by atoms with E-state index in [0.717, 1.165) is 27.8 Å². The van der Waals surface area contributed by atoms with Crippen LogP contribution in [0.4, 0.5) is 4.79 Å². The van der Waals surface area contributed by atoms with Gasteiger partial charge in [-0.1, -0.05) is 45.8 Å². The monoisotopic (exact) mass is 547 g/mol. The zero-order chi connectivity index (χ0) is 24.8. The van der Waals surface area contributed by atoms with Crippen LogP contribution in [0.15, 0.2) is 45.8 Å². The maximum Gasteiger partial charge on any atom is 0.326 e. The molecule has 2 amide bonds. The first-order valence-corrected chi connectivity index (χ1v) is 12.4. The predicted octanol–water partition coefficient (Wildman–Crippen LogP) is 5.72. The number of imide groups is 1. The molecular weight excluding hydrogens is 522 g/mol. The van der Waals surface area contributed by atoms with E-state index >= 15 is 0 Å². The Bertz CT molecular complexity index is 1130. The van der Waals surface area contributed by atoms with E-state index in [1.165, 1.54) is 0 Å². The fraction of sp³-hybridized carbons (Fsp3) is 0.320. The molecule has 0 bridgehead atoms. The van der Waals surface area contributed by atoms with Crippen molar-refractivity contribution in [1.29, 1.82) is 0 Å². The number of rotatable bonds is 9. The van der Waals surface area contributed by atoms with Gasteiger partial charge >= 0.3 is 5.97 Å². The van der Waals surface area contributed by atoms with Crippen molar-refractivity contribution in [3.63, 3.8) is 0 Å². The molecule has 0 atom stereocenters. The summed E-state index contributed by atoms with van der Waals surface area (Å²) in [5, 5.41) is -0.517. The van der Waals surface area contributed by atoms with Crippen LogP contribution in [0.1, 0.15) is 37.5 Å². The molecule has 0 spiro atoms. The molecule has 2 aromatic rings. The van der Waals surface area contributed by atoms with Crippen LogP contribution in [0, 0.1) is 6.92 Å². The molecule has 7 nitrogen and oxygen atoms in total. The first kappa shape index (κ1) is 25.8. The van der Waals surface area contributed by atoms with Gasteiger partial charge in [0, 0.05) is 4.47 Å². The quantitative estimate of drug-likeness (QED) is 0.293. The Morgan fingerprint density at radius 2 is 1.88 bits per heavy atom. The van der Waals surface area contributed by atoms with Crippen LogP contribution < -0.4 is 9.47 Å². The van der Waals surface area contributed by atoms with Crippen molar-refractivity contribution in [2.45, 2.75) is 40.4 Å². The summed E-state index contributed by atoms with van der Waals surface area (Å²) in [7, 11) is 0. The molecule has 1 saturated heterocycles. The van der Waals surface area contributed by atoms with Gasteiger partial charge in [-0.05, 0) is 68.8 Å². The number of aryl methyl sites for hydroxylation is 1. The lowest BCUT2D eigenvalue weighted by Crippen LogP contribution is -2.35. The summed E-state index contributed by atoms with van der Waals surface area (Å²) in [5.74, 6) is -0.102. The number of carbonyl (C=O) groups excluding carboxylic acids is 3. The number of nitrogens with zero attached hydrogens (tertiary/aromatic N) is 1. The third-order valence-corrected chi connectivity index (χ3v) is 6.25. The van der Waals surface area contributed by atoms with Crippen LogP contribution in [0.3, 0.4) is 0 Å². The Morgan fingerprint density at radius 3 is 2.56 bits per heavy atom. The molecule has 2 aromatic carbocycles. The topological polar surface area (TPSA) is 82.1 Å². The summed E-state index contributed by atoms with van der Waals surface area (Å²) in [6.07, 6.45) is 1.26. The van der Waals surface area contributed by atoms with Gasteiger partial charge in [-0.2, -0.15) is 0 Å². The second-order valence-electron chi connectivity index (χ2n) is 7.84. The molecule has 1 fully saturated rings. The van der Waals surface area contributed by atoms with Gasteiger partial charge in [0.15, 0.2) is 11.5 Å². The minimum Gasteiger partial charge on any atom is -0.490 e. The minimum atomic E-state index is -0.631. The van der Waals surface area contributed by atoms with E-state index in [1.807, 2.05) is 32.0 Å². The number of hydrogen-bond donors (Lipinski definition) is 0. The van der Waals surface area contributed by atoms with Crippen LogP contribution in [-0.4, -0.2) is 41.3 Å². The maximum absolute atomic E-state index is 12.8. The number of amides is 2. The third kappa shape index (κ3) is 6.64. The fourth-order valence-corrected chi connectivity index (χ4v) is 4.48. The van der Waals surface area contributed by atoms with Crippen LogP contribution in [-0.2, 0) is 20.9 Å². The van der Waals surface area contributed by atoms with Crippen molar-refractivity contribution >= 4 is 50.9 Å². The summed E-state index contributed by atoms with van der Waals surface area (Å²) in [4.78, 5) is 38.1. The summed E-state index contributed by atoms with van der Waals surface area (Å²) in [6.45, 7) is 7.68. The van der Waals surface area contributed by atoms with Crippen molar-refractivity contribution in [3.8, 4) is 11.5 Å². The molecule has 1 aliphatic heterocycles. The summed E-state index contributed by atoms with van der Waals surface area (Å²) in [5.41, 5.74) is 2.82. The van der Waals surface area contributed by atoms with Crippen molar-refractivity contribution in [1.82, 2.24) is 4.90 Å². The summed E-state index contributed by atoms with van der Waals surface area (Å²) < 4.78 is 17.5. The fourth-order valence-electron chi connectivity index (χ4n) is 3.21. The average molecular weight is 548 g/mol. The third-order valence-electron chi connectivity index (χ3n) is 4.65. The van der Waals surface area contributed by atoms with E-state index in [0.29, 0.717) is 34.7 Å². The van der Waals surface area contributed by atoms with Crippen LogP contribution in [0.25, 0.3) is 6.08 Å². The van der Waals surface area contributed by atoms with E-state index in [4.69, 9.17) is 14.2 Å². The van der Waals surface area contributed by atoms with Crippen LogP contribution >= 0.6 is 27.7 Å². The number of carbonyl (C=O) groups is 3. The molecule has 0 saturated carbocycles. The van der Waals surface area contributed by atoms with Gasteiger partial charge in [0.1, 0.15) is 13.2 Å². The molecule has 0 aliphatic carbocycles. The number of hydrogen-bond acceptors (Lipinski definition) is 7. The lowest BCUT2D eigenvalue weighted by molar-refractivity contribution is -0.149. The smallest absolute Gasteiger partial charge is 0.326 e. The Morgan fingerprint density at radius 1 is 1.15 bits per heavy atom. The van der Waals surface area contributed by atoms with Gasteiger partial charge in [0.2, 0.25) is 0 Å². The normalized spacial score (nSPS) is 14.8. The summed E-state index contributed by atoms with van der Waals surface area (Å²) >= 11 is 4.30. The van der Waals surface area contributed by atoms with E-state index < -0.39 is 23.7 Å². The molecule has 9 heteroatoms. The molecule has 0 N–H and O–H groups in total.